The molecule has 3 rings (SSSR count). The Morgan fingerprint density at radius 1 is 0.787 bits per heavy atom. The molecule has 2 heterocycles. The number of aromatic nitrogens is 1. The van der Waals surface area contributed by atoms with Crippen molar-refractivity contribution >= 4 is 21.5 Å². The van der Waals surface area contributed by atoms with E-state index in [0.29, 0.717) is 5.92 Å². The van der Waals surface area contributed by atoms with Crippen LogP contribution in [0.2, 0.25) is 0 Å². The van der Waals surface area contributed by atoms with Crippen LogP contribution in [-0.2, 0) is 30.9 Å². The molecule has 9 heteroatoms. The monoisotopic (exact) mass is 695 g/mol. The Hall–Kier alpha value is -1.36. The van der Waals surface area contributed by atoms with Crippen LogP contribution in [0.1, 0.15) is 134 Å². The molecule has 2 aromatic rings. The molecule has 270 valence electrons. The number of hydrogen-bond donors (Lipinski definition) is 0. The Labute approximate surface area is 291 Å². The van der Waals surface area contributed by atoms with Crippen molar-refractivity contribution in [2.45, 2.75) is 153 Å². The topological polar surface area (TPSA) is 88.8 Å². The SMILES string of the molecule is CCCCCCCCCCCCCCCCOC[C@H]1C[C@H](COCCCCCC[n+]2ccsc2)CO1.Cc1ccc(S(=O)(=O)[O-])cc1. The van der Waals surface area contributed by atoms with Gasteiger partial charge in [0.15, 0.2) is 6.20 Å². The van der Waals surface area contributed by atoms with Crippen LogP contribution in [0.3, 0.4) is 0 Å². The number of hydrogen-bond acceptors (Lipinski definition) is 7. The van der Waals surface area contributed by atoms with Gasteiger partial charge in [-0.2, -0.15) is 4.57 Å². The number of nitrogens with zero attached hydrogens (tertiary/aromatic N) is 1. The van der Waals surface area contributed by atoms with Crippen molar-refractivity contribution in [1.82, 2.24) is 0 Å². The van der Waals surface area contributed by atoms with E-state index in [1.807, 2.05) is 6.92 Å². The van der Waals surface area contributed by atoms with Crippen molar-refractivity contribution in [2.75, 3.05) is 33.0 Å². The van der Waals surface area contributed by atoms with Gasteiger partial charge >= 0.3 is 0 Å². The molecular formula is C38H65NO6S2. The molecular weight excluding hydrogens is 631 g/mol. The van der Waals surface area contributed by atoms with Gasteiger partial charge in [0.1, 0.15) is 16.7 Å². The van der Waals surface area contributed by atoms with Crippen molar-refractivity contribution in [3.05, 3.63) is 46.9 Å². The Balaban J connectivity index is 0.000000587. The van der Waals surface area contributed by atoms with Gasteiger partial charge in [0.25, 0.3) is 0 Å². The third-order valence-electron chi connectivity index (χ3n) is 8.76. The average Bonchev–Trinajstić information content (AvgIpc) is 3.75. The number of unbranched alkanes of at least 4 members (excludes halogenated alkanes) is 16. The second-order valence-corrected chi connectivity index (χ2v) is 15.4. The van der Waals surface area contributed by atoms with Crippen LogP contribution >= 0.6 is 11.3 Å². The fourth-order valence-corrected chi connectivity index (χ4v) is 6.92. The minimum atomic E-state index is -4.27. The molecule has 0 saturated carbocycles. The molecule has 0 radical (unpaired) electrons. The minimum Gasteiger partial charge on any atom is -0.744 e. The fourth-order valence-electron chi connectivity index (χ4n) is 5.82. The number of thiazole rings is 1. The molecule has 0 unspecified atom stereocenters. The van der Waals surface area contributed by atoms with Crippen LogP contribution < -0.4 is 4.57 Å². The molecule has 1 aliphatic heterocycles. The summed E-state index contributed by atoms with van der Waals surface area (Å²) in [6.07, 6.45) is 28.1. The van der Waals surface area contributed by atoms with Gasteiger partial charge in [-0.15, -0.1) is 0 Å². The van der Waals surface area contributed by atoms with Crippen LogP contribution in [0.25, 0.3) is 0 Å². The minimum absolute atomic E-state index is 0.178. The lowest BCUT2D eigenvalue weighted by Crippen LogP contribution is -2.29. The van der Waals surface area contributed by atoms with Gasteiger partial charge < -0.3 is 18.8 Å². The van der Waals surface area contributed by atoms with Gasteiger partial charge in [-0.25, -0.2) is 8.42 Å². The molecule has 0 N–H and O–H groups in total. The second kappa shape index (κ2) is 27.5. The van der Waals surface area contributed by atoms with E-state index in [9.17, 15) is 13.0 Å². The molecule has 0 spiro atoms. The van der Waals surface area contributed by atoms with Gasteiger partial charge in [0.2, 0.25) is 5.51 Å². The third kappa shape index (κ3) is 22.8. The van der Waals surface area contributed by atoms with Gasteiger partial charge in [0.05, 0.1) is 36.2 Å². The van der Waals surface area contributed by atoms with Crippen LogP contribution in [-0.4, -0.2) is 52.1 Å². The Kier molecular flexibility index (Phi) is 24.4. The first-order valence-corrected chi connectivity index (χ1v) is 20.9. The Morgan fingerprint density at radius 2 is 1.32 bits per heavy atom. The summed E-state index contributed by atoms with van der Waals surface area (Å²) in [4.78, 5) is -0.178. The van der Waals surface area contributed by atoms with Crippen molar-refractivity contribution in [3.63, 3.8) is 0 Å². The molecule has 0 amide bonds. The highest BCUT2D eigenvalue weighted by molar-refractivity contribution is 7.85. The van der Waals surface area contributed by atoms with Crippen LogP contribution in [0.5, 0.6) is 0 Å². The van der Waals surface area contributed by atoms with Crippen molar-refractivity contribution in [2.24, 2.45) is 5.92 Å². The van der Waals surface area contributed by atoms with Gasteiger partial charge in [0, 0.05) is 25.6 Å². The summed E-state index contributed by atoms with van der Waals surface area (Å²) in [6.45, 7) is 9.49. The lowest BCUT2D eigenvalue weighted by molar-refractivity contribution is -0.692. The molecule has 0 bridgehead atoms. The van der Waals surface area contributed by atoms with E-state index in [4.69, 9.17) is 14.2 Å². The predicted octanol–water partition coefficient (Wildman–Crippen LogP) is 9.41. The maximum absolute atomic E-state index is 10.4. The van der Waals surface area contributed by atoms with Gasteiger partial charge in [-0.3, -0.25) is 0 Å². The molecule has 47 heavy (non-hydrogen) atoms. The van der Waals surface area contributed by atoms with E-state index >= 15 is 0 Å². The smallest absolute Gasteiger partial charge is 0.224 e. The molecule has 1 aromatic heterocycles. The molecule has 1 aromatic carbocycles. The number of rotatable bonds is 27. The standard InChI is InChI=1S/C31H58NO3S.C7H8O3S/c1-2-3-4-5-6-7-8-9-10-11-12-13-15-18-23-34-28-31-25-30(27-35-31)26-33-22-19-16-14-17-20-32-21-24-36-29-32;1-6-2-4-7(5-3-6)11(8,9)10/h21,24,29-31H,2-20,22-23,25-28H2,1H3;2-5H,1H3,(H,8,9,10)/q+1;/p-1/t30-,31-;/m1./s1. The summed E-state index contributed by atoms with van der Waals surface area (Å²) in [5.74, 6) is 0.551. The molecule has 2 atom stereocenters. The zero-order valence-electron chi connectivity index (χ0n) is 29.6. The summed E-state index contributed by atoms with van der Waals surface area (Å²) in [5, 5.41) is 2.14. The number of ether oxygens (including phenoxy) is 3. The lowest BCUT2D eigenvalue weighted by Gasteiger charge is -2.11. The maximum atomic E-state index is 10.4. The van der Waals surface area contributed by atoms with E-state index in [0.717, 1.165) is 51.6 Å². The highest BCUT2D eigenvalue weighted by Crippen LogP contribution is 2.21. The summed E-state index contributed by atoms with van der Waals surface area (Å²) >= 11 is 1.76. The first kappa shape index (κ1) is 41.8. The van der Waals surface area contributed by atoms with E-state index in [2.05, 4.69) is 28.6 Å². The second-order valence-electron chi connectivity index (χ2n) is 13.2. The lowest BCUT2D eigenvalue weighted by atomic mass is 10.0. The molecule has 7 nitrogen and oxygen atoms in total. The normalized spacial score (nSPS) is 16.3. The zero-order chi connectivity index (χ0) is 33.8. The number of aryl methyl sites for hydroxylation is 2. The highest BCUT2D eigenvalue weighted by Gasteiger charge is 2.25. The predicted molar refractivity (Wildman–Crippen MR) is 192 cm³/mol. The largest absolute Gasteiger partial charge is 0.744 e. The summed E-state index contributed by atoms with van der Waals surface area (Å²) in [5.41, 5.74) is 3.11. The molecule has 1 fully saturated rings. The van der Waals surface area contributed by atoms with Crippen LogP contribution in [0.15, 0.2) is 46.2 Å². The highest BCUT2D eigenvalue weighted by atomic mass is 32.2. The summed E-state index contributed by atoms with van der Waals surface area (Å²) in [6, 6.07) is 5.78. The van der Waals surface area contributed by atoms with Crippen LogP contribution in [0.4, 0.5) is 0 Å². The average molecular weight is 696 g/mol. The van der Waals surface area contributed by atoms with E-state index in [-0.39, 0.29) is 11.0 Å². The molecule has 1 aliphatic rings. The Morgan fingerprint density at radius 3 is 1.85 bits per heavy atom. The van der Waals surface area contributed by atoms with Crippen molar-refractivity contribution < 1.29 is 31.7 Å². The maximum Gasteiger partial charge on any atom is 0.224 e. The third-order valence-corrected chi connectivity index (χ3v) is 10.3. The van der Waals surface area contributed by atoms with E-state index < -0.39 is 10.1 Å². The van der Waals surface area contributed by atoms with Crippen molar-refractivity contribution in [1.29, 1.82) is 0 Å². The summed E-state index contributed by atoms with van der Waals surface area (Å²) < 4.78 is 51.2. The summed E-state index contributed by atoms with van der Waals surface area (Å²) in [7, 11) is -4.27. The van der Waals surface area contributed by atoms with E-state index in [1.165, 1.54) is 128 Å². The quantitative estimate of drug-likeness (QED) is 0.0526. The molecule has 1 saturated heterocycles. The van der Waals surface area contributed by atoms with Crippen molar-refractivity contribution in [3.8, 4) is 0 Å². The van der Waals surface area contributed by atoms with Gasteiger partial charge in [-0.05, 0) is 44.7 Å². The fraction of sp³-hybridized carbons (Fsp3) is 0.763. The zero-order valence-corrected chi connectivity index (χ0v) is 31.2. The Bertz CT molecular complexity index is 1080. The van der Waals surface area contributed by atoms with Crippen LogP contribution in [0, 0.1) is 12.8 Å². The van der Waals surface area contributed by atoms with Gasteiger partial charge in [-0.1, -0.05) is 126 Å². The molecule has 0 aliphatic carbocycles. The first-order chi connectivity index (χ1) is 22.9. The number of benzene rings is 1. The first-order valence-electron chi connectivity index (χ1n) is 18.6. The van der Waals surface area contributed by atoms with E-state index in [1.54, 1.807) is 23.5 Å².